The molecule has 2 nitrogen and oxygen atoms in total. The largest absolute Gasteiger partial charge is 0.448 e. The highest BCUT2D eigenvalue weighted by Crippen LogP contribution is 2.29. The first-order valence-corrected chi connectivity index (χ1v) is 6.81. The van der Waals surface area contributed by atoms with Gasteiger partial charge in [-0.2, -0.15) is 0 Å². The van der Waals surface area contributed by atoms with Gasteiger partial charge in [-0.3, -0.25) is 0 Å². The van der Waals surface area contributed by atoms with Crippen LogP contribution < -0.4 is 5.32 Å². The van der Waals surface area contributed by atoms with Gasteiger partial charge in [-0.25, -0.2) is 4.39 Å². The van der Waals surface area contributed by atoms with Crippen LogP contribution in [0.2, 0.25) is 10.2 Å². The lowest BCUT2D eigenvalue weighted by Crippen LogP contribution is -2.23. The van der Waals surface area contributed by atoms with Crippen LogP contribution in [0.4, 0.5) is 4.39 Å². The van der Waals surface area contributed by atoms with E-state index in [1.807, 2.05) is 6.92 Å². The second-order valence-electron chi connectivity index (χ2n) is 4.19. The zero-order chi connectivity index (χ0) is 13.8. The van der Waals surface area contributed by atoms with Crippen LogP contribution in [0.5, 0.6) is 0 Å². The molecule has 1 aromatic carbocycles. The molecule has 0 aliphatic heterocycles. The SMILES string of the molecule is CCCNC(c1ccc(Cl)o1)c1ccc(Cl)cc1F. The maximum Gasteiger partial charge on any atom is 0.193 e. The fourth-order valence-corrected chi connectivity index (χ4v) is 2.18. The fraction of sp³-hybridized carbons (Fsp3) is 0.286. The molecule has 19 heavy (non-hydrogen) atoms. The Labute approximate surface area is 121 Å². The summed E-state index contributed by atoms with van der Waals surface area (Å²) in [6.07, 6.45) is 0.931. The molecule has 1 atom stereocenters. The van der Waals surface area contributed by atoms with Gasteiger partial charge in [-0.15, -0.1) is 0 Å². The van der Waals surface area contributed by atoms with Crippen molar-refractivity contribution in [1.82, 2.24) is 5.32 Å². The Morgan fingerprint density at radius 2 is 2.05 bits per heavy atom. The number of benzene rings is 1. The van der Waals surface area contributed by atoms with Gasteiger partial charge in [0, 0.05) is 10.6 Å². The molecule has 0 amide bonds. The van der Waals surface area contributed by atoms with E-state index in [0.29, 0.717) is 16.3 Å². The zero-order valence-electron chi connectivity index (χ0n) is 10.4. The van der Waals surface area contributed by atoms with Gasteiger partial charge in [0.05, 0.1) is 6.04 Å². The Hall–Kier alpha value is -1.03. The van der Waals surface area contributed by atoms with Crippen molar-refractivity contribution in [2.75, 3.05) is 6.54 Å². The van der Waals surface area contributed by atoms with Crippen molar-refractivity contribution in [3.8, 4) is 0 Å². The summed E-state index contributed by atoms with van der Waals surface area (Å²) in [6, 6.07) is 7.62. The van der Waals surface area contributed by atoms with Gasteiger partial charge in [-0.1, -0.05) is 24.6 Å². The second-order valence-corrected chi connectivity index (χ2v) is 5.00. The molecule has 0 saturated carbocycles. The molecular weight excluding hydrogens is 288 g/mol. The average Bonchev–Trinajstić information content (AvgIpc) is 2.78. The zero-order valence-corrected chi connectivity index (χ0v) is 11.9. The van der Waals surface area contributed by atoms with E-state index in [9.17, 15) is 4.39 Å². The summed E-state index contributed by atoms with van der Waals surface area (Å²) in [7, 11) is 0. The number of rotatable bonds is 5. The van der Waals surface area contributed by atoms with E-state index >= 15 is 0 Å². The topological polar surface area (TPSA) is 25.2 Å². The third-order valence-electron chi connectivity index (χ3n) is 2.75. The van der Waals surface area contributed by atoms with E-state index in [1.54, 1.807) is 24.3 Å². The maximum atomic E-state index is 14.0. The molecule has 0 aliphatic carbocycles. The minimum Gasteiger partial charge on any atom is -0.448 e. The first-order valence-electron chi connectivity index (χ1n) is 6.05. The second kappa shape index (κ2) is 6.42. The van der Waals surface area contributed by atoms with Crippen molar-refractivity contribution < 1.29 is 8.81 Å². The third kappa shape index (κ3) is 3.50. The van der Waals surface area contributed by atoms with Crippen LogP contribution >= 0.6 is 23.2 Å². The van der Waals surface area contributed by atoms with E-state index in [-0.39, 0.29) is 17.1 Å². The molecule has 1 aromatic heterocycles. The van der Waals surface area contributed by atoms with Gasteiger partial charge < -0.3 is 9.73 Å². The van der Waals surface area contributed by atoms with E-state index in [2.05, 4.69) is 5.32 Å². The van der Waals surface area contributed by atoms with Gasteiger partial charge in [0.25, 0.3) is 0 Å². The van der Waals surface area contributed by atoms with Gasteiger partial charge in [0.15, 0.2) is 5.22 Å². The van der Waals surface area contributed by atoms with Gasteiger partial charge in [-0.05, 0) is 48.8 Å². The Bertz CT molecular complexity index is 556. The molecule has 0 radical (unpaired) electrons. The lowest BCUT2D eigenvalue weighted by Gasteiger charge is -2.17. The standard InChI is InChI=1S/C14H14Cl2FNO/c1-2-7-18-14(12-5-6-13(16)19-12)10-4-3-9(15)8-11(10)17/h3-6,8,14,18H,2,7H2,1H3. The molecule has 102 valence electrons. The lowest BCUT2D eigenvalue weighted by molar-refractivity contribution is 0.437. The molecule has 1 unspecified atom stereocenters. The lowest BCUT2D eigenvalue weighted by atomic mass is 10.0. The minimum atomic E-state index is -0.371. The summed E-state index contributed by atoms with van der Waals surface area (Å²) in [5, 5.41) is 3.89. The molecule has 1 heterocycles. The highest BCUT2D eigenvalue weighted by Gasteiger charge is 2.20. The Morgan fingerprint density at radius 1 is 1.26 bits per heavy atom. The third-order valence-corrected chi connectivity index (χ3v) is 3.19. The summed E-state index contributed by atoms with van der Waals surface area (Å²) < 4.78 is 19.4. The first kappa shape index (κ1) is 14.4. The quantitative estimate of drug-likeness (QED) is 0.857. The van der Waals surface area contributed by atoms with Gasteiger partial charge in [0.2, 0.25) is 0 Å². The summed E-state index contributed by atoms with van der Waals surface area (Å²) in [6.45, 7) is 2.78. The highest BCUT2D eigenvalue weighted by atomic mass is 35.5. The van der Waals surface area contributed by atoms with Crippen molar-refractivity contribution >= 4 is 23.2 Å². The Balaban J connectivity index is 2.36. The fourth-order valence-electron chi connectivity index (χ4n) is 1.87. The van der Waals surface area contributed by atoms with E-state index in [4.69, 9.17) is 27.6 Å². The van der Waals surface area contributed by atoms with E-state index in [1.165, 1.54) is 6.07 Å². The first-order chi connectivity index (χ1) is 9.11. The monoisotopic (exact) mass is 301 g/mol. The highest BCUT2D eigenvalue weighted by molar-refractivity contribution is 6.30. The molecule has 0 bridgehead atoms. The van der Waals surface area contributed by atoms with Crippen LogP contribution in [0.25, 0.3) is 0 Å². The predicted molar refractivity (Wildman–Crippen MR) is 75.3 cm³/mol. The molecule has 2 rings (SSSR count). The molecule has 0 spiro atoms. The molecule has 0 aliphatic rings. The molecule has 0 saturated heterocycles. The number of halogens is 3. The average molecular weight is 302 g/mol. The van der Waals surface area contributed by atoms with Crippen molar-refractivity contribution in [2.24, 2.45) is 0 Å². The molecule has 1 N–H and O–H groups in total. The minimum absolute atomic E-state index is 0.285. The normalized spacial score (nSPS) is 12.6. The van der Waals surface area contributed by atoms with Crippen LogP contribution in [-0.4, -0.2) is 6.54 Å². The van der Waals surface area contributed by atoms with Crippen LogP contribution in [0, 0.1) is 5.82 Å². The van der Waals surface area contributed by atoms with Crippen molar-refractivity contribution in [3.05, 3.63) is 57.7 Å². The van der Waals surface area contributed by atoms with E-state index < -0.39 is 0 Å². The molecule has 2 aromatic rings. The van der Waals surface area contributed by atoms with Crippen molar-refractivity contribution in [2.45, 2.75) is 19.4 Å². The van der Waals surface area contributed by atoms with Crippen LogP contribution in [0.1, 0.15) is 30.7 Å². The predicted octanol–water partition coefficient (Wildman–Crippen LogP) is 4.81. The smallest absolute Gasteiger partial charge is 0.193 e. The summed E-state index contributed by atoms with van der Waals surface area (Å²) >= 11 is 11.6. The molecule has 5 heteroatoms. The van der Waals surface area contributed by atoms with Crippen LogP contribution in [-0.2, 0) is 0 Å². The number of hydrogen-bond donors (Lipinski definition) is 1. The summed E-state index contributed by atoms with van der Waals surface area (Å²) in [5.74, 6) is 0.216. The van der Waals surface area contributed by atoms with Crippen molar-refractivity contribution in [1.29, 1.82) is 0 Å². The number of nitrogens with one attached hydrogen (secondary N) is 1. The van der Waals surface area contributed by atoms with Crippen molar-refractivity contribution in [3.63, 3.8) is 0 Å². The van der Waals surface area contributed by atoms with Crippen LogP contribution in [0.3, 0.4) is 0 Å². The molecular formula is C14H14Cl2FNO. The number of hydrogen-bond acceptors (Lipinski definition) is 2. The summed E-state index contributed by atoms with van der Waals surface area (Å²) in [5.41, 5.74) is 0.490. The van der Waals surface area contributed by atoms with Crippen LogP contribution in [0.15, 0.2) is 34.7 Å². The Morgan fingerprint density at radius 3 is 2.63 bits per heavy atom. The summed E-state index contributed by atoms with van der Waals surface area (Å²) in [4.78, 5) is 0. The van der Waals surface area contributed by atoms with Gasteiger partial charge >= 0.3 is 0 Å². The molecule has 0 fully saturated rings. The van der Waals surface area contributed by atoms with E-state index in [0.717, 1.165) is 13.0 Å². The maximum absolute atomic E-state index is 14.0. The Kier molecular flexibility index (Phi) is 4.86. The van der Waals surface area contributed by atoms with Gasteiger partial charge in [0.1, 0.15) is 11.6 Å². The number of furan rings is 1.